The van der Waals surface area contributed by atoms with Crippen LogP contribution in [0.1, 0.15) is 5.82 Å². The summed E-state index contributed by atoms with van der Waals surface area (Å²) in [4.78, 5) is 0. The number of ether oxygens (including phenoxy) is 1. The van der Waals surface area contributed by atoms with Crippen molar-refractivity contribution >= 4 is 11.4 Å². The number of nitrogen functional groups attached to an aromatic ring is 1. The number of nitrogens with one attached hydrogen (secondary N) is 1. The van der Waals surface area contributed by atoms with E-state index in [9.17, 15) is 0 Å². The van der Waals surface area contributed by atoms with E-state index in [1.807, 2.05) is 23.7 Å². The van der Waals surface area contributed by atoms with E-state index in [1.54, 1.807) is 19.5 Å². The van der Waals surface area contributed by atoms with Gasteiger partial charge >= 0.3 is 0 Å². The van der Waals surface area contributed by atoms with Gasteiger partial charge in [-0.3, -0.25) is 0 Å². The van der Waals surface area contributed by atoms with E-state index in [2.05, 4.69) is 15.5 Å². The number of hydrogen-bond donors (Lipinski definition) is 2. The van der Waals surface area contributed by atoms with Crippen molar-refractivity contribution in [3.05, 3.63) is 30.4 Å². The van der Waals surface area contributed by atoms with Crippen LogP contribution in [0.5, 0.6) is 5.75 Å². The van der Waals surface area contributed by atoms with Crippen molar-refractivity contribution in [2.24, 2.45) is 7.05 Å². The molecule has 0 fully saturated rings. The second-order valence-corrected chi connectivity index (χ2v) is 3.71. The number of benzene rings is 1. The first-order valence-corrected chi connectivity index (χ1v) is 5.20. The van der Waals surface area contributed by atoms with Crippen molar-refractivity contribution in [1.29, 1.82) is 0 Å². The van der Waals surface area contributed by atoms with Gasteiger partial charge in [0.1, 0.15) is 12.1 Å². The lowest BCUT2D eigenvalue weighted by Gasteiger charge is -2.09. The number of nitrogens with zero attached hydrogens (tertiary/aromatic N) is 3. The van der Waals surface area contributed by atoms with Gasteiger partial charge in [-0.05, 0) is 6.07 Å². The normalized spacial score (nSPS) is 10.2. The molecule has 0 saturated carbocycles. The molecule has 0 aliphatic heterocycles. The highest BCUT2D eigenvalue weighted by Crippen LogP contribution is 2.22. The van der Waals surface area contributed by atoms with Gasteiger partial charge in [-0.1, -0.05) is 0 Å². The molecule has 17 heavy (non-hydrogen) atoms. The Bertz CT molecular complexity index is 508. The monoisotopic (exact) mass is 233 g/mol. The first-order chi connectivity index (χ1) is 8.19. The molecule has 90 valence electrons. The second-order valence-electron chi connectivity index (χ2n) is 3.71. The van der Waals surface area contributed by atoms with Crippen LogP contribution in [0.15, 0.2) is 24.5 Å². The van der Waals surface area contributed by atoms with Gasteiger partial charge in [0.15, 0.2) is 5.82 Å². The van der Waals surface area contributed by atoms with Gasteiger partial charge in [-0.2, -0.15) is 0 Å². The first-order valence-electron chi connectivity index (χ1n) is 5.20. The minimum atomic E-state index is 0.586. The zero-order valence-corrected chi connectivity index (χ0v) is 9.84. The number of hydrogen-bond acceptors (Lipinski definition) is 5. The lowest BCUT2D eigenvalue weighted by atomic mass is 10.2. The topological polar surface area (TPSA) is 78.0 Å². The smallest absolute Gasteiger partial charge is 0.151 e. The fraction of sp³-hybridized carbons (Fsp3) is 0.273. The Balaban J connectivity index is 2.09. The molecule has 0 bridgehead atoms. The minimum Gasteiger partial charge on any atom is -0.497 e. The van der Waals surface area contributed by atoms with Crippen LogP contribution in [0.2, 0.25) is 0 Å². The largest absolute Gasteiger partial charge is 0.497 e. The van der Waals surface area contributed by atoms with E-state index in [0.717, 1.165) is 17.3 Å². The molecular weight excluding hydrogens is 218 g/mol. The Hall–Kier alpha value is -2.24. The standard InChI is InChI=1S/C11H15N5O/c1-16-7-14-15-11(16)6-13-9-3-8(12)4-10(5-9)17-2/h3-5,7,13H,6,12H2,1-2H3. The highest BCUT2D eigenvalue weighted by molar-refractivity contribution is 5.59. The van der Waals surface area contributed by atoms with Crippen molar-refractivity contribution < 1.29 is 4.74 Å². The van der Waals surface area contributed by atoms with Crippen LogP contribution in [0.25, 0.3) is 0 Å². The summed E-state index contributed by atoms with van der Waals surface area (Å²) in [7, 11) is 3.51. The van der Waals surface area contributed by atoms with Crippen LogP contribution >= 0.6 is 0 Å². The Morgan fingerprint density at radius 1 is 1.41 bits per heavy atom. The number of rotatable bonds is 4. The highest BCUT2D eigenvalue weighted by Gasteiger charge is 2.02. The third-order valence-corrected chi connectivity index (χ3v) is 2.42. The Morgan fingerprint density at radius 2 is 2.24 bits per heavy atom. The third kappa shape index (κ3) is 2.66. The number of aromatic nitrogens is 3. The summed E-state index contributed by atoms with van der Waals surface area (Å²) >= 11 is 0. The van der Waals surface area contributed by atoms with Crippen LogP contribution in [0.4, 0.5) is 11.4 Å². The molecule has 1 aromatic heterocycles. The molecule has 0 unspecified atom stereocenters. The van der Waals surface area contributed by atoms with Crippen molar-refractivity contribution in [2.75, 3.05) is 18.2 Å². The summed E-state index contributed by atoms with van der Waals surface area (Å²) in [6.45, 7) is 0.586. The van der Waals surface area contributed by atoms with E-state index in [4.69, 9.17) is 10.5 Å². The molecule has 1 aromatic carbocycles. The fourth-order valence-corrected chi connectivity index (χ4v) is 1.49. The molecule has 2 aromatic rings. The summed E-state index contributed by atoms with van der Waals surface area (Å²) in [5.74, 6) is 1.58. The maximum atomic E-state index is 5.76. The molecule has 2 rings (SSSR count). The van der Waals surface area contributed by atoms with E-state index in [0.29, 0.717) is 12.2 Å². The fourth-order valence-electron chi connectivity index (χ4n) is 1.49. The van der Waals surface area contributed by atoms with Crippen molar-refractivity contribution in [2.45, 2.75) is 6.54 Å². The van der Waals surface area contributed by atoms with Crippen LogP contribution in [-0.2, 0) is 13.6 Å². The van der Waals surface area contributed by atoms with Crippen molar-refractivity contribution in [1.82, 2.24) is 14.8 Å². The first kappa shape index (κ1) is 11.3. The summed E-state index contributed by atoms with van der Waals surface area (Å²) < 4.78 is 7.00. The molecular formula is C11H15N5O. The predicted octanol–water partition coefficient (Wildman–Crippen LogP) is 1.02. The molecule has 0 atom stereocenters. The average Bonchev–Trinajstić information content (AvgIpc) is 2.71. The Kier molecular flexibility index (Phi) is 3.13. The summed E-state index contributed by atoms with van der Waals surface area (Å²) in [5, 5.41) is 11.0. The predicted molar refractivity (Wildman–Crippen MR) is 65.7 cm³/mol. The quantitative estimate of drug-likeness (QED) is 0.771. The van der Waals surface area contributed by atoms with Gasteiger partial charge in [0.2, 0.25) is 0 Å². The lowest BCUT2D eigenvalue weighted by Crippen LogP contribution is -2.06. The molecule has 6 heteroatoms. The maximum Gasteiger partial charge on any atom is 0.151 e. The number of nitrogens with two attached hydrogens (primary N) is 1. The Labute approximate surface area is 99.4 Å². The second kappa shape index (κ2) is 4.73. The van der Waals surface area contributed by atoms with Crippen LogP contribution < -0.4 is 15.8 Å². The molecule has 0 spiro atoms. The molecule has 6 nitrogen and oxygen atoms in total. The number of aryl methyl sites for hydroxylation is 1. The van der Waals surface area contributed by atoms with Crippen LogP contribution in [-0.4, -0.2) is 21.9 Å². The van der Waals surface area contributed by atoms with Gasteiger partial charge in [0.25, 0.3) is 0 Å². The van der Waals surface area contributed by atoms with Gasteiger partial charge < -0.3 is 20.4 Å². The lowest BCUT2D eigenvalue weighted by molar-refractivity contribution is 0.415. The SMILES string of the molecule is COc1cc(N)cc(NCc2nncn2C)c1. The van der Waals surface area contributed by atoms with Gasteiger partial charge in [0, 0.05) is 30.6 Å². The highest BCUT2D eigenvalue weighted by atomic mass is 16.5. The van der Waals surface area contributed by atoms with E-state index >= 15 is 0 Å². The average molecular weight is 233 g/mol. The van der Waals surface area contributed by atoms with Gasteiger partial charge in [-0.25, -0.2) is 0 Å². The zero-order chi connectivity index (χ0) is 12.3. The zero-order valence-electron chi connectivity index (χ0n) is 9.84. The van der Waals surface area contributed by atoms with Gasteiger partial charge in [-0.15, -0.1) is 10.2 Å². The number of methoxy groups -OCH3 is 1. The molecule has 3 N–H and O–H groups in total. The number of anilines is 2. The molecule has 0 saturated heterocycles. The molecule has 0 aliphatic carbocycles. The van der Waals surface area contributed by atoms with E-state index in [-0.39, 0.29) is 0 Å². The van der Waals surface area contributed by atoms with Crippen LogP contribution in [0.3, 0.4) is 0 Å². The molecule has 0 radical (unpaired) electrons. The van der Waals surface area contributed by atoms with Crippen molar-refractivity contribution in [3.8, 4) is 5.75 Å². The summed E-state index contributed by atoms with van der Waals surface area (Å²) in [6.07, 6.45) is 1.66. The Morgan fingerprint density at radius 3 is 2.88 bits per heavy atom. The molecule has 1 heterocycles. The minimum absolute atomic E-state index is 0.586. The van der Waals surface area contributed by atoms with E-state index in [1.165, 1.54) is 0 Å². The van der Waals surface area contributed by atoms with E-state index < -0.39 is 0 Å². The third-order valence-electron chi connectivity index (χ3n) is 2.42. The maximum absolute atomic E-state index is 5.76. The van der Waals surface area contributed by atoms with Crippen molar-refractivity contribution in [3.63, 3.8) is 0 Å². The molecule has 0 aliphatic rings. The molecule has 0 amide bonds. The van der Waals surface area contributed by atoms with Gasteiger partial charge in [0.05, 0.1) is 13.7 Å². The summed E-state index contributed by atoms with van der Waals surface area (Å²) in [6, 6.07) is 5.50. The van der Waals surface area contributed by atoms with Crippen LogP contribution in [0, 0.1) is 0 Å². The summed E-state index contributed by atoms with van der Waals surface area (Å²) in [5.41, 5.74) is 7.31.